The summed E-state index contributed by atoms with van der Waals surface area (Å²) in [5.74, 6) is -0.0555. The van der Waals surface area contributed by atoms with E-state index >= 15 is 0 Å². The molecule has 45 heavy (non-hydrogen) atoms. The molecule has 10 atom stereocenters. The number of ether oxygens (including phenoxy) is 2. The van der Waals surface area contributed by atoms with Gasteiger partial charge in [0.25, 0.3) is 5.56 Å². The highest BCUT2D eigenvalue weighted by Gasteiger charge is 2.51. The van der Waals surface area contributed by atoms with Crippen molar-refractivity contribution in [1.29, 1.82) is 0 Å². The second-order valence-corrected chi connectivity index (χ2v) is 11.5. The van der Waals surface area contributed by atoms with Gasteiger partial charge in [-0.1, -0.05) is 0 Å². The molecule has 2 bridgehead atoms. The second kappa shape index (κ2) is 10.9. The summed E-state index contributed by atoms with van der Waals surface area (Å²) in [7, 11) is -9.92. The molecule has 7 rings (SSSR count). The molecule has 4 unspecified atom stereocenters. The molecule has 242 valence electrons. The van der Waals surface area contributed by atoms with E-state index in [1.165, 1.54) is 28.1 Å². The molecule has 0 saturated carbocycles. The summed E-state index contributed by atoms with van der Waals surface area (Å²) in [6, 6.07) is 0. The van der Waals surface area contributed by atoms with E-state index in [1.807, 2.05) is 0 Å². The molecule has 3 saturated heterocycles. The van der Waals surface area contributed by atoms with Crippen LogP contribution in [0.2, 0.25) is 0 Å². The Kier molecular flexibility index (Phi) is 7.40. The fourth-order valence-electron chi connectivity index (χ4n) is 5.12. The van der Waals surface area contributed by atoms with Gasteiger partial charge in [-0.25, -0.2) is 19.9 Å². The van der Waals surface area contributed by atoms with E-state index < -0.39 is 91.3 Å². The zero-order valence-corrected chi connectivity index (χ0v) is 23.3. The van der Waals surface area contributed by atoms with Crippen molar-refractivity contribution in [1.82, 2.24) is 39.0 Å². The Balaban J connectivity index is 1.21. The highest BCUT2D eigenvalue weighted by molar-refractivity contribution is 7.79. The highest BCUT2D eigenvalue weighted by Crippen LogP contribution is 2.53. The lowest BCUT2D eigenvalue weighted by Crippen LogP contribution is -2.36. The van der Waals surface area contributed by atoms with Crippen molar-refractivity contribution in [3.05, 3.63) is 29.3 Å². The van der Waals surface area contributed by atoms with Gasteiger partial charge in [0.2, 0.25) is 5.95 Å². The van der Waals surface area contributed by atoms with Crippen LogP contribution in [0.25, 0.3) is 22.3 Å². The van der Waals surface area contributed by atoms with Crippen molar-refractivity contribution in [3.8, 4) is 0 Å². The van der Waals surface area contributed by atoms with Gasteiger partial charge >= 0.3 is 0 Å². The molecule has 3 fully saturated rings. The standard InChI is InChI=1S/C20H28B2N10O11P2/c21-44(36)38-1-6-10(33)13(19(40-6)32-5-28-9-16(32)29-20(24)30-17(9)35)43-45(22,37)39-2-7-12(42-44)11(34)18(41-7)31-4-27-8-14(23)25-3-26-15(8)31/h3-7,10-13,18-19,33-34H,1-2H2,21-22H3,(H2,23,25,26)(H3,24,29,30,35)/q-2/t6-,7-,10?,11?,12+,13+,18-,19-,44?,45?/m1/s1. The van der Waals surface area contributed by atoms with Gasteiger partial charge in [-0.2, -0.15) is 4.98 Å². The smallest absolute Gasteiger partial charge is 0.280 e. The molecule has 0 aliphatic carbocycles. The van der Waals surface area contributed by atoms with Crippen LogP contribution in [0.15, 0.2) is 23.8 Å². The fraction of sp³-hybridized carbons (Fsp3) is 0.500. The molecule has 0 amide bonds. The predicted molar refractivity (Wildman–Crippen MR) is 159 cm³/mol. The number of H-pyrrole nitrogens is 1. The number of nitrogen functional groups attached to an aromatic ring is 2. The van der Waals surface area contributed by atoms with Crippen LogP contribution in [0.4, 0.5) is 11.8 Å². The Hall–Kier alpha value is -3.23. The third-order valence-electron chi connectivity index (χ3n) is 7.11. The lowest BCUT2D eigenvalue weighted by Gasteiger charge is -2.30. The molecular formula is C20H28B2N10O11P2-2. The first kappa shape index (κ1) is 30.4. The van der Waals surface area contributed by atoms with Gasteiger partial charge in [-0.05, 0) is 0 Å². The molecule has 7 N–H and O–H groups in total. The molecule has 4 aromatic heterocycles. The number of fused-ring (bicyclic) bond motifs is 5. The van der Waals surface area contributed by atoms with Crippen molar-refractivity contribution < 1.29 is 46.9 Å². The number of aromatic nitrogens is 8. The minimum atomic E-state index is -3.79. The largest absolute Gasteiger partial charge is 0.387 e. The first-order chi connectivity index (χ1) is 21.3. The monoisotopic (exact) mass is 668 g/mol. The molecule has 3 aliphatic rings. The lowest BCUT2D eigenvalue weighted by molar-refractivity contribution is -0.0578. The first-order valence-electron chi connectivity index (χ1n) is 12.6. The fourth-order valence-corrected chi connectivity index (χ4v) is 6.67. The minimum Gasteiger partial charge on any atom is -0.387 e. The van der Waals surface area contributed by atoms with Gasteiger partial charge in [0.15, 0.2) is 35.1 Å². The van der Waals surface area contributed by atoms with Crippen molar-refractivity contribution in [2.24, 2.45) is 0 Å². The normalized spacial score (nSPS) is 37.7. The first-order valence-corrected chi connectivity index (χ1v) is 14.7. The number of imidazole rings is 2. The molecule has 0 aromatic carbocycles. The number of nitrogens with two attached hydrogens (primary N) is 2. The number of nitrogens with zero attached hydrogens (tertiary/aromatic N) is 7. The van der Waals surface area contributed by atoms with E-state index in [9.17, 15) is 24.1 Å². The summed E-state index contributed by atoms with van der Waals surface area (Å²) in [5, 5.41) is 22.6. The number of nitrogens with one attached hydrogen (secondary N) is 1. The average Bonchev–Trinajstić information content (AvgIpc) is 3.72. The van der Waals surface area contributed by atoms with Crippen molar-refractivity contribution in [2.45, 2.75) is 49.1 Å². The van der Waals surface area contributed by atoms with Gasteiger partial charge in [0, 0.05) is 0 Å². The van der Waals surface area contributed by atoms with Crippen LogP contribution in [0.3, 0.4) is 0 Å². The quantitative estimate of drug-likeness (QED) is 0.102. The summed E-state index contributed by atoms with van der Waals surface area (Å²) in [5.41, 5.74) is 11.6. The molecule has 3 aliphatic heterocycles. The van der Waals surface area contributed by atoms with Crippen LogP contribution in [0.1, 0.15) is 12.5 Å². The third-order valence-corrected chi connectivity index (χ3v) is 8.66. The van der Waals surface area contributed by atoms with Crippen LogP contribution < -0.4 is 17.0 Å². The van der Waals surface area contributed by atoms with E-state index in [-0.39, 0.29) is 40.7 Å². The second-order valence-electron chi connectivity index (χ2n) is 9.65. The molecular weight excluding hydrogens is 640 g/mol. The Morgan fingerprint density at radius 3 is 2.20 bits per heavy atom. The van der Waals surface area contributed by atoms with Gasteiger partial charge in [-0.3, -0.25) is 18.9 Å². The molecule has 0 radical (unpaired) electrons. The third kappa shape index (κ3) is 5.38. The van der Waals surface area contributed by atoms with Gasteiger partial charge in [0.1, 0.15) is 63.4 Å². The SMILES string of the molecule is [BH3-]P1(=O)OC[C@H]2O[C@@H](n3cnc4c(=O)[nH]c(N)nc43)[C@@H](OP([BH3-])(=O)OC[C@H]3O[C@@H](n4cnc5c(N)ncnc54)C(O)[C@H]3O1)C2O. The van der Waals surface area contributed by atoms with E-state index in [0.717, 1.165) is 0 Å². The summed E-state index contributed by atoms with van der Waals surface area (Å²) >= 11 is 0. The minimum absolute atomic E-state index is 0.0349. The Labute approximate surface area is 253 Å². The van der Waals surface area contributed by atoms with Crippen LogP contribution in [0.5, 0.6) is 0 Å². The van der Waals surface area contributed by atoms with Crippen molar-refractivity contribution in [2.75, 3.05) is 24.7 Å². The maximum atomic E-state index is 13.8. The van der Waals surface area contributed by atoms with Gasteiger partial charge in [0.05, 0.1) is 41.0 Å². The number of hydrogen-bond acceptors (Lipinski definition) is 18. The average molecular weight is 668 g/mol. The topological polar surface area (TPSA) is 289 Å². The summed E-state index contributed by atoms with van der Waals surface area (Å²) in [6.07, 6.45) is -6.03. The number of hydrogen-bond donors (Lipinski definition) is 5. The number of rotatable bonds is 2. The highest BCUT2D eigenvalue weighted by atomic mass is 31.2. The van der Waals surface area contributed by atoms with Crippen LogP contribution in [-0.2, 0) is 36.7 Å². The lowest BCUT2D eigenvalue weighted by atomic mass is 10.1. The molecule has 21 nitrogen and oxygen atoms in total. The Bertz CT molecular complexity index is 1940. The van der Waals surface area contributed by atoms with E-state index in [0.29, 0.717) is 0 Å². The summed E-state index contributed by atoms with van der Waals surface area (Å²) in [6.45, 7) is -0.787. The van der Waals surface area contributed by atoms with E-state index in [4.69, 9.17) is 39.0 Å². The number of aliphatic hydroxyl groups is 2. The van der Waals surface area contributed by atoms with E-state index in [2.05, 4.69) is 29.9 Å². The zero-order valence-electron chi connectivity index (χ0n) is 21.5. The number of anilines is 2. The molecule has 25 heteroatoms. The van der Waals surface area contributed by atoms with Gasteiger partial charge in [-0.15, -0.1) is 0 Å². The van der Waals surface area contributed by atoms with Crippen LogP contribution >= 0.6 is 14.9 Å². The maximum Gasteiger partial charge on any atom is 0.280 e. The summed E-state index contributed by atoms with van der Waals surface area (Å²) < 4.78 is 65.8. The Morgan fingerprint density at radius 2 is 1.47 bits per heavy atom. The molecule has 4 aromatic rings. The maximum absolute atomic E-state index is 13.8. The summed E-state index contributed by atoms with van der Waals surface area (Å²) in [4.78, 5) is 35.2. The van der Waals surface area contributed by atoms with Crippen molar-refractivity contribution >= 4 is 64.2 Å². The van der Waals surface area contributed by atoms with Crippen LogP contribution in [-0.4, -0.2) is 114 Å². The van der Waals surface area contributed by atoms with Crippen molar-refractivity contribution in [3.63, 3.8) is 0 Å². The number of aliphatic hydroxyl groups excluding tert-OH is 2. The molecule has 0 spiro atoms. The zero-order chi connectivity index (χ0) is 31.8. The van der Waals surface area contributed by atoms with Gasteiger partial charge < -0.3 is 58.4 Å². The Morgan fingerprint density at radius 1 is 0.844 bits per heavy atom. The number of aromatic amines is 1. The van der Waals surface area contributed by atoms with E-state index in [1.54, 1.807) is 0 Å². The van der Waals surface area contributed by atoms with Crippen LogP contribution in [0, 0.1) is 0 Å². The molecule has 7 heterocycles. The predicted octanol–water partition coefficient (Wildman–Crippen LogP) is -3.60.